The molecule has 2 aromatic carbocycles. The minimum atomic E-state index is -0.788. The monoisotopic (exact) mass is 546 g/mol. The zero-order chi connectivity index (χ0) is 26.4. The summed E-state index contributed by atoms with van der Waals surface area (Å²) in [5.74, 6) is -1.03. The Morgan fingerprint density at radius 1 is 1.05 bits per heavy atom. The molecule has 198 valence electrons. The molecule has 1 N–H and O–H groups in total. The molecular weight excluding hydrogens is 515 g/mol. The van der Waals surface area contributed by atoms with Gasteiger partial charge in [0.05, 0.1) is 41.5 Å². The fourth-order valence-corrected chi connectivity index (χ4v) is 4.96. The molecule has 1 unspecified atom stereocenters. The van der Waals surface area contributed by atoms with E-state index in [1.165, 1.54) is 4.90 Å². The first-order valence-corrected chi connectivity index (χ1v) is 13.4. The highest BCUT2D eigenvalue weighted by Crippen LogP contribution is 2.41. The van der Waals surface area contributed by atoms with Gasteiger partial charge in [-0.05, 0) is 42.7 Å². The Morgan fingerprint density at radius 3 is 2.57 bits per heavy atom. The van der Waals surface area contributed by atoms with Crippen LogP contribution in [0.15, 0.2) is 48.0 Å². The minimum Gasteiger partial charge on any atom is -0.507 e. The summed E-state index contributed by atoms with van der Waals surface area (Å²) < 4.78 is 11.2. The van der Waals surface area contributed by atoms with E-state index in [1.807, 2.05) is 0 Å². The normalized spacial score (nSPS) is 20.0. The fraction of sp³-hybridized carbons (Fsp3) is 0.429. The SMILES string of the molecule is CCCCOc1cccc(C(O)=C2C(=O)C(=O)N(CCCN3CCOCC3)C2c2ccc(Cl)c(Cl)c2)c1. The zero-order valence-electron chi connectivity index (χ0n) is 20.9. The lowest BCUT2D eigenvalue weighted by molar-refractivity contribution is -0.140. The molecule has 0 radical (unpaired) electrons. The molecule has 2 aliphatic heterocycles. The third kappa shape index (κ3) is 6.47. The van der Waals surface area contributed by atoms with Crippen molar-refractivity contribution in [3.63, 3.8) is 0 Å². The van der Waals surface area contributed by atoms with E-state index in [0.29, 0.717) is 59.7 Å². The summed E-state index contributed by atoms with van der Waals surface area (Å²) in [6.45, 7) is 6.81. The van der Waals surface area contributed by atoms with Gasteiger partial charge in [0.1, 0.15) is 11.5 Å². The number of aliphatic hydroxyl groups excluding tert-OH is 1. The molecule has 1 atom stereocenters. The predicted octanol–water partition coefficient (Wildman–Crippen LogP) is 5.32. The quantitative estimate of drug-likeness (QED) is 0.188. The van der Waals surface area contributed by atoms with Crippen molar-refractivity contribution < 1.29 is 24.2 Å². The summed E-state index contributed by atoms with van der Waals surface area (Å²) >= 11 is 12.5. The van der Waals surface area contributed by atoms with Gasteiger partial charge < -0.3 is 19.5 Å². The number of amides is 1. The van der Waals surface area contributed by atoms with E-state index < -0.39 is 17.7 Å². The van der Waals surface area contributed by atoms with Crippen LogP contribution in [0.1, 0.15) is 43.4 Å². The van der Waals surface area contributed by atoms with E-state index in [0.717, 1.165) is 32.5 Å². The summed E-state index contributed by atoms with van der Waals surface area (Å²) in [5.41, 5.74) is 1.04. The molecule has 2 aliphatic rings. The molecule has 0 aliphatic carbocycles. The van der Waals surface area contributed by atoms with Crippen molar-refractivity contribution in [2.45, 2.75) is 32.2 Å². The predicted molar refractivity (Wildman–Crippen MR) is 144 cm³/mol. The number of aliphatic hydroxyl groups is 1. The highest BCUT2D eigenvalue weighted by Gasteiger charge is 2.46. The third-order valence-electron chi connectivity index (χ3n) is 6.65. The van der Waals surface area contributed by atoms with Crippen LogP contribution in [0.25, 0.3) is 5.76 Å². The Kier molecular flexibility index (Phi) is 9.49. The maximum atomic E-state index is 13.3. The Bertz CT molecular complexity index is 1160. The molecule has 2 saturated heterocycles. The Balaban J connectivity index is 1.67. The van der Waals surface area contributed by atoms with Gasteiger partial charge in [-0.1, -0.05) is 54.7 Å². The first kappa shape index (κ1) is 27.5. The van der Waals surface area contributed by atoms with Crippen molar-refractivity contribution in [2.24, 2.45) is 0 Å². The van der Waals surface area contributed by atoms with E-state index in [2.05, 4.69) is 11.8 Å². The number of benzene rings is 2. The number of morpholine rings is 1. The lowest BCUT2D eigenvalue weighted by Crippen LogP contribution is -2.38. The first-order valence-electron chi connectivity index (χ1n) is 12.7. The molecule has 7 nitrogen and oxygen atoms in total. The topological polar surface area (TPSA) is 79.3 Å². The van der Waals surface area contributed by atoms with Gasteiger partial charge in [0.2, 0.25) is 0 Å². The molecule has 2 aromatic rings. The van der Waals surface area contributed by atoms with Crippen LogP contribution in [-0.4, -0.2) is 72.6 Å². The zero-order valence-corrected chi connectivity index (χ0v) is 22.4. The molecule has 0 saturated carbocycles. The van der Waals surface area contributed by atoms with Gasteiger partial charge in [-0.2, -0.15) is 0 Å². The highest BCUT2D eigenvalue weighted by atomic mass is 35.5. The lowest BCUT2D eigenvalue weighted by Gasteiger charge is -2.29. The number of ether oxygens (including phenoxy) is 2. The number of hydrogen-bond acceptors (Lipinski definition) is 6. The van der Waals surface area contributed by atoms with Crippen molar-refractivity contribution >= 4 is 40.7 Å². The number of nitrogens with zero attached hydrogens (tertiary/aromatic N) is 2. The van der Waals surface area contributed by atoms with Crippen LogP contribution in [0.5, 0.6) is 5.75 Å². The van der Waals surface area contributed by atoms with Gasteiger partial charge in [0.25, 0.3) is 11.7 Å². The molecule has 0 spiro atoms. The molecule has 4 rings (SSSR count). The van der Waals surface area contributed by atoms with Gasteiger partial charge in [-0.15, -0.1) is 0 Å². The molecule has 0 bridgehead atoms. The van der Waals surface area contributed by atoms with E-state index in [4.69, 9.17) is 32.7 Å². The number of likely N-dealkylation sites (tertiary alicyclic amines) is 1. The van der Waals surface area contributed by atoms with Crippen molar-refractivity contribution in [1.29, 1.82) is 0 Å². The fourth-order valence-electron chi connectivity index (χ4n) is 4.65. The average molecular weight is 547 g/mol. The van der Waals surface area contributed by atoms with Crippen molar-refractivity contribution in [2.75, 3.05) is 46.0 Å². The highest BCUT2D eigenvalue weighted by molar-refractivity contribution is 6.46. The maximum Gasteiger partial charge on any atom is 0.295 e. The number of ketones is 1. The van der Waals surface area contributed by atoms with Crippen molar-refractivity contribution in [1.82, 2.24) is 9.80 Å². The smallest absolute Gasteiger partial charge is 0.295 e. The van der Waals surface area contributed by atoms with Crippen molar-refractivity contribution in [3.8, 4) is 5.75 Å². The average Bonchev–Trinajstić information content (AvgIpc) is 3.16. The second-order valence-electron chi connectivity index (χ2n) is 9.20. The summed E-state index contributed by atoms with van der Waals surface area (Å²) in [4.78, 5) is 30.3. The van der Waals surface area contributed by atoms with Gasteiger partial charge in [0.15, 0.2) is 0 Å². The van der Waals surface area contributed by atoms with E-state index in [-0.39, 0.29) is 11.3 Å². The Labute approximate surface area is 227 Å². The molecule has 9 heteroatoms. The summed E-state index contributed by atoms with van der Waals surface area (Å²) in [7, 11) is 0. The number of unbranched alkanes of at least 4 members (excludes halogenated alkanes) is 1. The summed E-state index contributed by atoms with van der Waals surface area (Å²) in [6, 6.07) is 11.2. The number of rotatable bonds is 10. The number of Topliss-reactive ketones (excluding diaryl/α,β-unsaturated/α-hetero) is 1. The summed E-state index contributed by atoms with van der Waals surface area (Å²) in [5, 5.41) is 12.0. The molecule has 1 amide bonds. The first-order chi connectivity index (χ1) is 17.9. The third-order valence-corrected chi connectivity index (χ3v) is 7.39. The van der Waals surface area contributed by atoms with Crippen LogP contribution >= 0.6 is 23.2 Å². The number of halogens is 2. The Hall–Kier alpha value is -2.58. The van der Waals surface area contributed by atoms with E-state index >= 15 is 0 Å². The lowest BCUT2D eigenvalue weighted by atomic mass is 9.95. The maximum absolute atomic E-state index is 13.3. The molecule has 0 aromatic heterocycles. The van der Waals surface area contributed by atoms with Crippen molar-refractivity contribution in [3.05, 3.63) is 69.2 Å². The van der Waals surface area contributed by atoms with Crippen LogP contribution in [0.2, 0.25) is 10.0 Å². The molecule has 37 heavy (non-hydrogen) atoms. The van der Waals surface area contributed by atoms with Crippen LogP contribution in [0.4, 0.5) is 0 Å². The van der Waals surface area contributed by atoms with Gasteiger partial charge in [0, 0.05) is 31.7 Å². The molecule has 2 fully saturated rings. The number of hydrogen-bond donors (Lipinski definition) is 1. The Morgan fingerprint density at radius 2 is 1.84 bits per heavy atom. The number of carbonyl (C=O) groups excluding carboxylic acids is 2. The largest absolute Gasteiger partial charge is 0.507 e. The van der Waals surface area contributed by atoms with Crippen LogP contribution in [-0.2, 0) is 14.3 Å². The van der Waals surface area contributed by atoms with E-state index in [9.17, 15) is 14.7 Å². The number of carbonyl (C=O) groups is 2. The summed E-state index contributed by atoms with van der Waals surface area (Å²) in [6.07, 6.45) is 2.58. The second-order valence-corrected chi connectivity index (χ2v) is 10.0. The van der Waals surface area contributed by atoms with E-state index in [1.54, 1.807) is 42.5 Å². The van der Waals surface area contributed by atoms with Gasteiger partial charge in [-0.25, -0.2) is 0 Å². The van der Waals surface area contributed by atoms with Crippen LogP contribution in [0, 0.1) is 0 Å². The van der Waals surface area contributed by atoms with Crippen LogP contribution < -0.4 is 4.74 Å². The minimum absolute atomic E-state index is 0.0282. The standard InChI is InChI=1S/C28H32Cl2N2O5/c1-2-3-14-37-21-7-4-6-20(17-21)26(33)24-25(19-8-9-22(29)23(30)18-19)32(28(35)27(24)34)11-5-10-31-12-15-36-16-13-31/h4,6-9,17-18,25,33H,2-3,5,10-16H2,1H3. The molecular formula is C28H32Cl2N2O5. The molecule has 2 heterocycles. The van der Waals surface area contributed by atoms with Gasteiger partial charge in [-0.3, -0.25) is 14.5 Å². The second kappa shape index (κ2) is 12.8. The van der Waals surface area contributed by atoms with Crippen LogP contribution in [0.3, 0.4) is 0 Å². The van der Waals surface area contributed by atoms with Gasteiger partial charge >= 0.3 is 0 Å².